The first-order valence-corrected chi connectivity index (χ1v) is 6.81. The molecule has 1 aromatic rings. The second-order valence-electron chi connectivity index (χ2n) is 4.82. The monoisotopic (exact) mass is 289 g/mol. The van der Waals surface area contributed by atoms with Gasteiger partial charge in [-0.25, -0.2) is 4.79 Å². The van der Waals surface area contributed by atoms with E-state index in [0.29, 0.717) is 19.4 Å². The van der Waals surface area contributed by atoms with Gasteiger partial charge in [0.15, 0.2) is 0 Å². The molecule has 1 aliphatic heterocycles. The van der Waals surface area contributed by atoms with Gasteiger partial charge < -0.3 is 14.4 Å². The second-order valence-corrected chi connectivity index (χ2v) is 4.82. The number of methoxy groups -OCH3 is 2. The van der Waals surface area contributed by atoms with Gasteiger partial charge >= 0.3 is 5.97 Å². The van der Waals surface area contributed by atoms with Crippen molar-refractivity contribution in [2.24, 2.45) is 0 Å². The second kappa shape index (κ2) is 6.92. The van der Waals surface area contributed by atoms with Gasteiger partial charge in [0.1, 0.15) is 11.8 Å². The molecule has 5 heteroatoms. The molecule has 1 unspecified atom stereocenters. The van der Waals surface area contributed by atoms with Crippen LogP contribution in [-0.4, -0.2) is 37.0 Å². The summed E-state index contributed by atoms with van der Waals surface area (Å²) in [7, 11) is 2.94. The van der Waals surface area contributed by atoms with Gasteiger partial charge in [0.25, 0.3) is 0 Å². The number of ether oxygens (including phenoxy) is 2. The first kappa shape index (κ1) is 15.1. The molecular weight excluding hydrogens is 270 g/mol. The summed E-state index contributed by atoms with van der Waals surface area (Å²) in [5, 5.41) is 0. The number of hydrogen-bond acceptors (Lipinski definition) is 4. The summed E-state index contributed by atoms with van der Waals surface area (Å²) in [4.78, 5) is 25.7. The molecule has 0 spiro atoms. The van der Waals surface area contributed by atoms with Crippen LogP contribution in [0, 0.1) is 0 Å². The number of hydrogen-bond donors (Lipinski definition) is 0. The van der Waals surface area contributed by atoms with Crippen LogP contribution in [0.25, 0.3) is 0 Å². The lowest BCUT2D eigenvalue weighted by Gasteiger charge is -2.28. The van der Waals surface area contributed by atoms with E-state index in [9.17, 15) is 9.59 Å². The Bertz CT molecular complexity index is 536. The summed E-state index contributed by atoms with van der Waals surface area (Å²) in [5.41, 5.74) is 0.944. The molecule has 21 heavy (non-hydrogen) atoms. The van der Waals surface area contributed by atoms with E-state index in [0.717, 1.165) is 11.3 Å². The zero-order valence-electron chi connectivity index (χ0n) is 12.2. The molecule has 1 atom stereocenters. The fourth-order valence-electron chi connectivity index (χ4n) is 2.31. The van der Waals surface area contributed by atoms with Crippen LogP contribution in [0.2, 0.25) is 0 Å². The molecule has 1 aromatic carbocycles. The molecule has 1 heterocycles. The normalized spacial score (nSPS) is 18.3. The van der Waals surface area contributed by atoms with Crippen molar-refractivity contribution in [1.29, 1.82) is 0 Å². The highest BCUT2D eigenvalue weighted by Crippen LogP contribution is 2.19. The lowest BCUT2D eigenvalue weighted by molar-refractivity contribution is -0.152. The van der Waals surface area contributed by atoms with Gasteiger partial charge in [-0.3, -0.25) is 4.79 Å². The summed E-state index contributed by atoms with van der Waals surface area (Å²) < 4.78 is 9.92. The van der Waals surface area contributed by atoms with Crippen molar-refractivity contribution in [3.63, 3.8) is 0 Å². The summed E-state index contributed by atoms with van der Waals surface area (Å²) in [6.45, 7) is 0.379. The quantitative estimate of drug-likeness (QED) is 0.627. The standard InChI is InChI=1S/C16H19NO4/c1-20-13-9-7-12(8-10-13)11-17-14(16(19)21-2)5-3-4-6-15(17)18/h3-4,7-10,14H,5-6,11H2,1-2H3. The molecule has 0 aromatic heterocycles. The van der Waals surface area contributed by atoms with Crippen LogP contribution >= 0.6 is 0 Å². The Balaban J connectivity index is 2.19. The molecule has 0 aliphatic carbocycles. The molecule has 1 amide bonds. The molecule has 2 rings (SSSR count). The molecule has 1 aliphatic rings. The highest BCUT2D eigenvalue weighted by atomic mass is 16.5. The third-order valence-electron chi connectivity index (χ3n) is 3.50. The zero-order valence-corrected chi connectivity index (χ0v) is 12.2. The maximum atomic E-state index is 12.2. The van der Waals surface area contributed by atoms with Crippen molar-refractivity contribution in [2.75, 3.05) is 14.2 Å². The van der Waals surface area contributed by atoms with Crippen molar-refractivity contribution in [3.8, 4) is 5.75 Å². The molecule has 0 saturated carbocycles. The maximum absolute atomic E-state index is 12.2. The molecule has 0 N–H and O–H groups in total. The van der Waals surface area contributed by atoms with Crippen LogP contribution in [0.4, 0.5) is 0 Å². The molecule has 0 bridgehead atoms. The number of benzene rings is 1. The number of amides is 1. The largest absolute Gasteiger partial charge is 0.497 e. The van der Waals surface area contributed by atoms with Crippen molar-refractivity contribution >= 4 is 11.9 Å². The van der Waals surface area contributed by atoms with E-state index in [1.807, 2.05) is 30.3 Å². The Morgan fingerprint density at radius 1 is 1.24 bits per heavy atom. The highest BCUT2D eigenvalue weighted by molar-refractivity contribution is 5.86. The van der Waals surface area contributed by atoms with Crippen molar-refractivity contribution in [3.05, 3.63) is 42.0 Å². The lowest BCUT2D eigenvalue weighted by atomic mass is 10.1. The smallest absolute Gasteiger partial charge is 0.328 e. The fourth-order valence-corrected chi connectivity index (χ4v) is 2.31. The number of carbonyl (C=O) groups excluding carboxylic acids is 2. The van der Waals surface area contributed by atoms with Crippen LogP contribution < -0.4 is 4.74 Å². The SMILES string of the molecule is COC(=O)C1CC=CCC(=O)N1Cc1ccc(OC)cc1. The van der Waals surface area contributed by atoms with Crippen molar-refractivity contribution in [1.82, 2.24) is 4.90 Å². The van der Waals surface area contributed by atoms with Crippen molar-refractivity contribution < 1.29 is 19.1 Å². The third-order valence-corrected chi connectivity index (χ3v) is 3.50. The maximum Gasteiger partial charge on any atom is 0.328 e. The van der Waals surface area contributed by atoms with Crippen LogP contribution in [0.5, 0.6) is 5.75 Å². The van der Waals surface area contributed by atoms with Gasteiger partial charge in [-0.2, -0.15) is 0 Å². The van der Waals surface area contributed by atoms with E-state index in [-0.39, 0.29) is 11.9 Å². The molecule has 0 radical (unpaired) electrons. The average Bonchev–Trinajstić information content (AvgIpc) is 2.70. The molecule has 0 fully saturated rings. The van der Waals surface area contributed by atoms with E-state index >= 15 is 0 Å². The van der Waals surface area contributed by atoms with E-state index < -0.39 is 6.04 Å². The lowest BCUT2D eigenvalue weighted by Crippen LogP contribution is -2.44. The van der Waals surface area contributed by atoms with E-state index in [1.165, 1.54) is 7.11 Å². The predicted molar refractivity (Wildman–Crippen MR) is 77.7 cm³/mol. The Morgan fingerprint density at radius 3 is 2.57 bits per heavy atom. The van der Waals surface area contributed by atoms with Crippen LogP contribution in [-0.2, 0) is 20.9 Å². The fraction of sp³-hybridized carbons (Fsp3) is 0.375. The Labute approximate surface area is 124 Å². The minimum atomic E-state index is -0.566. The highest BCUT2D eigenvalue weighted by Gasteiger charge is 2.30. The molecule has 5 nitrogen and oxygen atoms in total. The van der Waals surface area contributed by atoms with Gasteiger partial charge in [-0.15, -0.1) is 0 Å². The van der Waals surface area contributed by atoms with Crippen LogP contribution in [0.1, 0.15) is 18.4 Å². The number of esters is 1. The number of nitrogens with zero attached hydrogens (tertiary/aromatic N) is 1. The van der Waals surface area contributed by atoms with Crippen molar-refractivity contribution in [2.45, 2.75) is 25.4 Å². The van der Waals surface area contributed by atoms with Gasteiger partial charge in [0.05, 0.1) is 14.2 Å². The summed E-state index contributed by atoms with van der Waals surface area (Å²) in [5.74, 6) is 0.297. The third kappa shape index (κ3) is 3.62. The summed E-state index contributed by atoms with van der Waals surface area (Å²) in [6, 6.07) is 6.88. The Hall–Kier alpha value is -2.30. The number of carbonyl (C=O) groups is 2. The molecular formula is C16H19NO4. The first-order valence-electron chi connectivity index (χ1n) is 6.81. The summed E-state index contributed by atoms with van der Waals surface area (Å²) >= 11 is 0. The molecule has 0 saturated heterocycles. The number of rotatable bonds is 4. The minimum Gasteiger partial charge on any atom is -0.497 e. The average molecular weight is 289 g/mol. The first-order chi connectivity index (χ1) is 10.2. The van der Waals surface area contributed by atoms with E-state index in [2.05, 4.69) is 0 Å². The van der Waals surface area contributed by atoms with Gasteiger partial charge in [-0.1, -0.05) is 24.3 Å². The zero-order chi connectivity index (χ0) is 15.2. The Kier molecular flexibility index (Phi) is 4.98. The topological polar surface area (TPSA) is 55.8 Å². The Morgan fingerprint density at radius 2 is 1.95 bits per heavy atom. The van der Waals surface area contributed by atoms with Crippen LogP contribution in [0.15, 0.2) is 36.4 Å². The van der Waals surface area contributed by atoms with E-state index in [1.54, 1.807) is 18.1 Å². The summed E-state index contributed by atoms with van der Waals surface area (Å²) in [6.07, 6.45) is 4.44. The van der Waals surface area contributed by atoms with E-state index in [4.69, 9.17) is 9.47 Å². The minimum absolute atomic E-state index is 0.0741. The van der Waals surface area contributed by atoms with Gasteiger partial charge in [-0.05, 0) is 24.1 Å². The molecule has 112 valence electrons. The van der Waals surface area contributed by atoms with Crippen LogP contribution in [0.3, 0.4) is 0 Å². The van der Waals surface area contributed by atoms with Gasteiger partial charge in [0.2, 0.25) is 5.91 Å². The predicted octanol–water partition coefficient (Wildman–Crippen LogP) is 1.92. The van der Waals surface area contributed by atoms with Gasteiger partial charge in [0, 0.05) is 13.0 Å².